The van der Waals surface area contributed by atoms with Crippen molar-refractivity contribution in [2.45, 2.75) is 39.5 Å². The largest absolute Gasteiger partial charge is 0.399 e. The normalized spacial score (nSPS) is 11.6. The van der Waals surface area contributed by atoms with Crippen LogP contribution in [0.25, 0.3) is 0 Å². The van der Waals surface area contributed by atoms with Gasteiger partial charge in [0, 0.05) is 16.8 Å². The van der Waals surface area contributed by atoms with Crippen molar-refractivity contribution < 1.29 is 0 Å². The van der Waals surface area contributed by atoms with Crippen LogP contribution >= 0.6 is 0 Å². The minimum absolute atomic E-state index is 0.0594. The second-order valence-electron chi connectivity index (χ2n) is 5.96. The first kappa shape index (κ1) is 14.4. The highest BCUT2D eigenvalue weighted by molar-refractivity contribution is 5.54. The molecule has 0 spiro atoms. The summed E-state index contributed by atoms with van der Waals surface area (Å²) in [7, 11) is 0. The molecule has 0 saturated heterocycles. The lowest BCUT2D eigenvalue weighted by molar-refractivity contribution is 0.639. The molecule has 0 radical (unpaired) electrons. The van der Waals surface area contributed by atoms with Gasteiger partial charge < -0.3 is 11.5 Å². The summed E-state index contributed by atoms with van der Waals surface area (Å²) >= 11 is 0. The van der Waals surface area contributed by atoms with Crippen molar-refractivity contribution in [3.05, 3.63) is 58.7 Å². The summed E-state index contributed by atoms with van der Waals surface area (Å²) in [6, 6.07) is 12.6. The molecule has 0 unspecified atom stereocenters. The van der Waals surface area contributed by atoms with E-state index < -0.39 is 0 Å². The van der Waals surface area contributed by atoms with Gasteiger partial charge in [-0.3, -0.25) is 0 Å². The molecule has 0 bridgehead atoms. The van der Waals surface area contributed by atoms with Gasteiger partial charge in [0.2, 0.25) is 0 Å². The Morgan fingerprint density at radius 2 is 1.45 bits per heavy atom. The molecule has 2 heteroatoms. The van der Waals surface area contributed by atoms with Crippen LogP contribution < -0.4 is 11.5 Å². The minimum Gasteiger partial charge on any atom is -0.399 e. The maximum Gasteiger partial charge on any atom is 0.0346 e. The first-order valence-corrected chi connectivity index (χ1v) is 7.11. The zero-order chi connectivity index (χ0) is 14.9. The number of benzene rings is 2. The van der Waals surface area contributed by atoms with Gasteiger partial charge in [0.25, 0.3) is 0 Å². The molecular formula is C18H24N2. The number of hydrogen-bond donors (Lipinski definition) is 2. The highest BCUT2D eigenvalue weighted by atomic mass is 14.6. The van der Waals surface area contributed by atoms with Crippen molar-refractivity contribution in [3.63, 3.8) is 0 Å². The third-order valence-electron chi connectivity index (χ3n) is 4.24. The molecule has 2 aromatic rings. The third-order valence-corrected chi connectivity index (χ3v) is 4.24. The molecular weight excluding hydrogens is 244 g/mol. The monoisotopic (exact) mass is 268 g/mol. The summed E-state index contributed by atoms with van der Waals surface area (Å²) in [6.07, 6.45) is 0.955. The van der Waals surface area contributed by atoms with Crippen LogP contribution in [0.4, 0.5) is 11.4 Å². The molecule has 0 amide bonds. The summed E-state index contributed by atoms with van der Waals surface area (Å²) in [6.45, 7) is 8.66. The zero-order valence-electron chi connectivity index (χ0n) is 12.8. The lowest BCUT2D eigenvalue weighted by Gasteiger charge is -2.27. The number of nitrogens with two attached hydrogens (primary N) is 2. The standard InChI is InChI=1S/C18H24N2/c1-5-13-11-15(7-9-17(13)20)18(3,4)14-6-8-16(19)12(2)10-14/h6-11H,5,19-20H2,1-4H3. The van der Waals surface area contributed by atoms with Crippen LogP contribution in [0.5, 0.6) is 0 Å². The van der Waals surface area contributed by atoms with Crippen molar-refractivity contribution in [2.24, 2.45) is 0 Å². The lowest BCUT2D eigenvalue weighted by atomic mass is 9.77. The Morgan fingerprint density at radius 3 is 2.00 bits per heavy atom. The average molecular weight is 268 g/mol. The summed E-state index contributed by atoms with van der Waals surface area (Å²) in [5.41, 5.74) is 18.5. The number of hydrogen-bond acceptors (Lipinski definition) is 2. The summed E-state index contributed by atoms with van der Waals surface area (Å²) < 4.78 is 0. The van der Waals surface area contributed by atoms with Gasteiger partial charge in [0.1, 0.15) is 0 Å². The molecule has 0 aliphatic carbocycles. The van der Waals surface area contributed by atoms with Crippen LogP contribution in [-0.4, -0.2) is 0 Å². The number of aryl methyl sites for hydroxylation is 2. The van der Waals surface area contributed by atoms with Gasteiger partial charge >= 0.3 is 0 Å². The Bertz CT molecular complexity index is 627. The summed E-state index contributed by atoms with van der Waals surface area (Å²) in [5, 5.41) is 0. The fourth-order valence-electron chi connectivity index (χ4n) is 2.53. The number of anilines is 2. The Balaban J connectivity index is 2.50. The predicted octanol–water partition coefficient (Wildman–Crippen LogP) is 4.05. The van der Waals surface area contributed by atoms with E-state index in [-0.39, 0.29) is 5.41 Å². The van der Waals surface area contributed by atoms with Crippen LogP contribution in [0.15, 0.2) is 36.4 Å². The van der Waals surface area contributed by atoms with Crippen LogP contribution in [0.2, 0.25) is 0 Å². The first-order valence-electron chi connectivity index (χ1n) is 7.11. The van der Waals surface area contributed by atoms with Gasteiger partial charge in [-0.1, -0.05) is 45.0 Å². The Kier molecular flexibility index (Phi) is 3.76. The third kappa shape index (κ3) is 2.51. The Hall–Kier alpha value is -1.96. The fraction of sp³-hybridized carbons (Fsp3) is 0.333. The van der Waals surface area contributed by atoms with E-state index in [1.165, 1.54) is 16.7 Å². The molecule has 0 aliphatic rings. The molecule has 0 atom stereocenters. The van der Waals surface area contributed by atoms with Crippen LogP contribution in [0.1, 0.15) is 43.0 Å². The quantitative estimate of drug-likeness (QED) is 0.825. The van der Waals surface area contributed by atoms with E-state index in [4.69, 9.17) is 11.5 Å². The van der Waals surface area contributed by atoms with E-state index >= 15 is 0 Å². The molecule has 0 aromatic heterocycles. The van der Waals surface area contributed by atoms with Gasteiger partial charge in [-0.25, -0.2) is 0 Å². The van der Waals surface area contributed by atoms with Gasteiger partial charge in [0.15, 0.2) is 0 Å². The maximum atomic E-state index is 6.01. The van der Waals surface area contributed by atoms with Crippen molar-refractivity contribution in [2.75, 3.05) is 11.5 Å². The van der Waals surface area contributed by atoms with Gasteiger partial charge in [-0.2, -0.15) is 0 Å². The van der Waals surface area contributed by atoms with Crippen molar-refractivity contribution in [1.82, 2.24) is 0 Å². The maximum absolute atomic E-state index is 6.01. The van der Waals surface area contributed by atoms with Gasteiger partial charge in [-0.15, -0.1) is 0 Å². The first-order chi connectivity index (χ1) is 9.36. The molecule has 4 N–H and O–H groups in total. The molecule has 0 heterocycles. The van der Waals surface area contributed by atoms with E-state index in [0.29, 0.717) is 0 Å². The van der Waals surface area contributed by atoms with E-state index in [0.717, 1.165) is 23.4 Å². The smallest absolute Gasteiger partial charge is 0.0346 e. The molecule has 20 heavy (non-hydrogen) atoms. The van der Waals surface area contributed by atoms with E-state index in [2.05, 4.69) is 52.0 Å². The van der Waals surface area contributed by atoms with Gasteiger partial charge in [-0.05, 0) is 47.7 Å². The van der Waals surface area contributed by atoms with Crippen LogP contribution in [0, 0.1) is 6.92 Å². The zero-order valence-corrected chi connectivity index (χ0v) is 12.8. The molecule has 2 nitrogen and oxygen atoms in total. The molecule has 0 aliphatic heterocycles. The van der Waals surface area contributed by atoms with Crippen LogP contribution in [0.3, 0.4) is 0 Å². The van der Waals surface area contributed by atoms with Crippen molar-refractivity contribution >= 4 is 11.4 Å². The average Bonchev–Trinajstić information content (AvgIpc) is 2.42. The highest BCUT2D eigenvalue weighted by Gasteiger charge is 2.24. The number of nitrogen functional groups attached to an aromatic ring is 2. The molecule has 106 valence electrons. The summed E-state index contributed by atoms with van der Waals surface area (Å²) in [4.78, 5) is 0. The molecule has 0 fully saturated rings. The van der Waals surface area contributed by atoms with Crippen molar-refractivity contribution in [3.8, 4) is 0 Å². The molecule has 2 rings (SSSR count). The fourth-order valence-corrected chi connectivity index (χ4v) is 2.53. The topological polar surface area (TPSA) is 52.0 Å². The SMILES string of the molecule is CCc1cc(C(C)(C)c2ccc(N)c(C)c2)ccc1N. The van der Waals surface area contributed by atoms with Gasteiger partial charge in [0.05, 0.1) is 0 Å². The second kappa shape index (κ2) is 5.20. The lowest BCUT2D eigenvalue weighted by Crippen LogP contribution is -2.19. The van der Waals surface area contributed by atoms with Crippen LogP contribution in [-0.2, 0) is 11.8 Å². The minimum atomic E-state index is -0.0594. The van der Waals surface area contributed by atoms with E-state index in [1.54, 1.807) is 0 Å². The molecule has 2 aromatic carbocycles. The Morgan fingerprint density at radius 1 is 0.900 bits per heavy atom. The van der Waals surface area contributed by atoms with E-state index in [9.17, 15) is 0 Å². The Labute approximate surface area is 121 Å². The second-order valence-corrected chi connectivity index (χ2v) is 5.96. The predicted molar refractivity (Wildman–Crippen MR) is 88.0 cm³/mol. The summed E-state index contributed by atoms with van der Waals surface area (Å²) in [5.74, 6) is 0. The highest BCUT2D eigenvalue weighted by Crippen LogP contribution is 2.34. The number of rotatable bonds is 3. The molecule has 0 saturated carbocycles. The van der Waals surface area contributed by atoms with Crippen molar-refractivity contribution in [1.29, 1.82) is 0 Å². The van der Waals surface area contributed by atoms with E-state index in [1.807, 2.05) is 12.1 Å².